The van der Waals surface area contributed by atoms with Crippen molar-refractivity contribution in [1.29, 1.82) is 0 Å². The minimum atomic E-state index is -0.0845. The summed E-state index contributed by atoms with van der Waals surface area (Å²) < 4.78 is 15.9. The molecule has 9 heteroatoms. The number of thiazole rings is 1. The molecule has 45 heavy (non-hydrogen) atoms. The summed E-state index contributed by atoms with van der Waals surface area (Å²) in [4.78, 5) is 34.4. The number of ether oxygens (including phenoxy) is 3. The summed E-state index contributed by atoms with van der Waals surface area (Å²) in [5, 5.41) is 3.59. The van der Waals surface area contributed by atoms with E-state index in [4.69, 9.17) is 14.2 Å². The number of aryl methyl sites for hydroxylation is 1. The highest BCUT2D eigenvalue weighted by atomic mass is 32.1. The highest BCUT2D eigenvalue weighted by Gasteiger charge is 2.34. The lowest BCUT2D eigenvalue weighted by molar-refractivity contribution is -0.129. The smallest absolute Gasteiger partial charge is 0.273 e. The summed E-state index contributed by atoms with van der Waals surface area (Å²) in [5.41, 5.74) is 4.52. The van der Waals surface area contributed by atoms with E-state index in [0.717, 1.165) is 73.2 Å². The third-order valence-corrected chi connectivity index (χ3v) is 10.6. The first kappa shape index (κ1) is 32.9. The average molecular weight is 634 g/mol. The molecule has 5 rings (SSSR count). The van der Waals surface area contributed by atoms with Crippen molar-refractivity contribution >= 4 is 28.8 Å². The molecule has 0 unspecified atom stereocenters. The molecule has 1 N–H and O–H groups in total. The van der Waals surface area contributed by atoms with Crippen LogP contribution in [0.4, 0.5) is 5.69 Å². The van der Waals surface area contributed by atoms with Crippen molar-refractivity contribution in [2.45, 2.75) is 64.2 Å². The zero-order valence-electron chi connectivity index (χ0n) is 27.1. The van der Waals surface area contributed by atoms with E-state index in [1.54, 1.807) is 21.3 Å². The van der Waals surface area contributed by atoms with Crippen LogP contribution in [-0.4, -0.2) is 57.8 Å². The number of anilines is 1. The highest BCUT2D eigenvalue weighted by molar-refractivity contribution is 7.16. The number of nitrogens with zero attached hydrogens (tertiary/aromatic N) is 2. The van der Waals surface area contributed by atoms with Gasteiger partial charge in [-0.1, -0.05) is 35.6 Å². The first-order valence-corrected chi connectivity index (χ1v) is 17.0. The van der Waals surface area contributed by atoms with E-state index in [1.165, 1.54) is 22.5 Å². The van der Waals surface area contributed by atoms with Crippen LogP contribution in [0.1, 0.15) is 68.4 Å². The number of rotatable bonds is 12. The molecule has 0 spiro atoms. The molecule has 242 valence electrons. The first-order valence-electron chi connectivity index (χ1n) is 16.2. The van der Waals surface area contributed by atoms with Gasteiger partial charge in [0, 0.05) is 43.9 Å². The lowest BCUT2D eigenvalue weighted by Crippen LogP contribution is -2.42. The summed E-state index contributed by atoms with van der Waals surface area (Å²) in [6, 6.07) is 14.8. The van der Waals surface area contributed by atoms with Gasteiger partial charge in [-0.05, 0) is 105 Å². The Kier molecular flexibility index (Phi) is 11.5. The molecule has 2 aliphatic carbocycles. The Morgan fingerprint density at radius 2 is 1.69 bits per heavy atom. The summed E-state index contributed by atoms with van der Waals surface area (Å²) in [6.07, 6.45) is 9.15. The Hall–Kier alpha value is -3.43. The molecule has 2 saturated carbocycles. The topological polar surface area (TPSA) is 90.0 Å². The third-order valence-electron chi connectivity index (χ3n) is 9.60. The maximum atomic E-state index is 14.3. The first-order chi connectivity index (χ1) is 21.9. The number of benzene rings is 2. The molecule has 0 atom stereocenters. The number of aromatic nitrogens is 1. The van der Waals surface area contributed by atoms with Crippen molar-refractivity contribution in [3.63, 3.8) is 0 Å². The summed E-state index contributed by atoms with van der Waals surface area (Å²) in [5.74, 6) is 2.03. The van der Waals surface area contributed by atoms with Crippen LogP contribution < -0.4 is 19.7 Å². The van der Waals surface area contributed by atoms with Gasteiger partial charge < -0.3 is 24.4 Å². The van der Waals surface area contributed by atoms with Crippen LogP contribution in [0.15, 0.2) is 48.7 Å². The van der Waals surface area contributed by atoms with Crippen molar-refractivity contribution in [2.24, 2.45) is 17.8 Å². The van der Waals surface area contributed by atoms with E-state index < -0.39 is 0 Å². The largest absolute Gasteiger partial charge is 0.496 e. The third kappa shape index (κ3) is 8.24. The Morgan fingerprint density at radius 1 is 0.933 bits per heavy atom. The van der Waals surface area contributed by atoms with Crippen LogP contribution in [-0.2, 0) is 14.3 Å². The van der Waals surface area contributed by atoms with Gasteiger partial charge in [-0.3, -0.25) is 9.59 Å². The zero-order chi connectivity index (χ0) is 31.8. The van der Waals surface area contributed by atoms with E-state index in [1.807, 2.05) is 17.2 Å². The van der Waals surface area contributed by atoms with Crippen LogP contribution in [0, 0.1) is 24.7 Å². The van der Waals surface area contributed by atoms with Crippen molar-refractivity contribution in [3.8, 4) is 21.4 Å². The zero-order valence-corrected chi connectivity index (χ0v) is 27.9. The van der Waals surface area contributed by atoms with Gasteiger partial charge in [0.25, 0.3) is 5.19 Å². The molecule has 1 heterocycles. The van der Waals surface area contributed by atoms with Gasteiger partial charge in [0.1, 0.15) is 5.75 Å². The van der Waals surface area contributed by atoms with Gasteiger partial charge >= 0.3 is 0 Å². The average Bonchev–Trinajstić information content (AvgIpc) is 3.57. The minimum absolute atomic E-state index is 0.0409. The highest BCUT2D eigenvalue weighted by Crippen LogP contribution is 2.40. The number of nitrogens with one attached hydrogen (secondary N) is 1. The Balaban J connectivity index is 1.29. The maximum absolute atomic E-state index is 14.3. The summed E-state index contributed by atoms with van der Waals surface area (Å²) in [6.45, 7) is 3.84. The Bertz CT molecular complexity index is 1430. The van der Waals surface area contributed by atoms with Gasteiger partial charge in [0.2, 0.25) is 11.8 Å². The van der Waals surface area contributed by atoms with E-state index in [-0.39, 0.29) is 23.7 Å². The molecular weight excluding hydrogens is 586 g/mol. The van der Waals surface area contributed by atoms with Crippen LogP contribution >= 0.6 is 11.3 Å². The van der Waals surface area contributed by atoms with E-state index in [9.17, 15) is 9.59 Å². The minimum Gasteiger partial charge on any atom is -0.496 e. The van der Waals surface area contributed by atoms with Crippen molar-refractivity contribution in [2.75, 3.05) is 45.9 Å². The Labute approximate surface area is 271 Å². The van der Waals surface area contributed by atoms with Gasteiger partial charge in [0.15, 0.2) is 0 Å². The van der Waals surface area contributed by atoms with Gasteiger partial charge in [-0.2, -0.15) is 0 Å². The van der Waals surface area contributed by atoms with E-state index in [2.05, 4.69) is 53.6 Å². The molecule has 0 bridgehead atoms. The normalized spacial score (nSPS) is 21.6. The van der Waals surface area contributed by atoms with Crippen molar-refractivity contribution < 1.29 is 23.8 Å². The molecule has 2 fully saturated rings. The number of methoxy groups -OCH3 is 3. The second-order valence-electron chi connectivity index (χ2n) is 12.5. The van der Waals surface area contributed by atoms with Gasteiger partial charge in [-0.15, -0.1) is 0 Å². The fourth-order valence-corrected chi connectivity index (χ4v) is 7.70. The molecule has 2 amide bonds. The second kappa shape index (κ2) is 15.7. The van der Waals surface area contributed by atoms with Gasteiger partial charge in [0.05, 0.1) is 25.7 Å². The molecule has 8 nitrogen and oxygen atoms in total. The fraction of sp³-hybridized carbons (Fsp3) is 0.528. The summed E-state index contributed by atoms with van der Waals surface area (Å²) in [7, 11) is 4.98. The SMILES string of the molecule is COCCNC(=O)[C@H]1CC[C@H](C(=O)N(C[C@H]2CC[C@H](c3ccc(OC)c(C)c3)CC2)c2cccc(-c3cnc(OC)s3)c2)CC1. The lowest BCUT2D eigenvalue weighted by atomic mass is 9.77. The van der Waals surface area contributed by atoms with Crippen molar-refractivity contribution in [3.05, 3.63) is 59.8 Å². The molecule has 2 aliphatic rings. The molecule has 1 aromatic heterocycles. The number of carbonyl (C=O) groups excluding carboxylic acids is 2. The van der Waals surface area contributed by atoms with Crippen molar-refractivity contribution in [1.82, 2.24) is 10.3 Å². The number of amides is 2. The van der Waals surface area contributed by atoms with Crippen LogP contribution in [0.25, 0.3) is 10.4 Å². The molecule has 3 aromatic rings. The van der Waals surface area contributed by atoms with Crippen LogP contribution in [0.2, 0.25) is 0 Å². The fourth-order valence-electron chi connectivity index (χ4n) is 6.97. The second-order valence-corrected chi connectivity index (χ2v) is 13.5. The lowest BCUT2D eigenvalue weighted by Gasteiger charge is -2.36. The summed E-state index contributed by atoms with van der Waals surface area (Å²) >= 11 is 1.50. The van der Waals surface area contributed by atoms with Gasteiger partial charge in [-0.25, -0.2) is 4.98 Å². The van der Waals surface area contributed by atoms with Crippen LogP contribution in [0.5, 0.6) is 10.9 Å². The molecular formula is C36H47N3O5S. The molecule has 0 aliphatic heterocycles. The monoisotopic (exact) mass is 633 g/mol. The number of carbonyl (C=O) groups is 2. The predicted molar refractivity (Wildman–Crippen MR) is 179 cm³/mol. The standard InChI is InChI=1S/C36H47N3O5S/c1-24-20-29(16-17-32(24)43-3)26-10-8-25(9-11-26)23-39(31-7-5-6-30(21-31)33-22-38-36(44-4)45-33)35(41)28-14-12-27(13-15-28)34(40)37-18-19-42-2/h5-7,16-17,20-22,25-28H,8-15,18-19,23H2,1-4H3,(H,37,40)/t25-,26-,27-,28-. The number of hydrogen-bond acceptors (Lipinski definition) is 7. The molecule has 0 saturated heterocycles. The Morgan fingerprint density at radius 3 is 2.36 bits per heavy atom. The molecule has 2 aromatic carbocycles. The molecule has 0 radical (unpaired) electrons. The number of hydrogen-bond donors (Lipinski definition) is 1. The van der Waals surface area contributed by atoms with Crippen LogP contribution in [0.3, 0.4) is 0 Å². The van der Waals surface area contributed by atoms with E-state index in [0.29, 0.717) is 36.7 Å². The van der Waals surface area contributed by atoms with E-state index >= 15 is 0 Å². The maximum Gasteiger partial charge on any atom is 0.273 e. The quantitative estimate of drug-likeness (QED) is 0.216. The predicted octanol–water partition coefficient (Wildman–Crippen LogP) is 7.01.